The van der Waals surface area contributed by atoms with Gasteiger partial charge in [-0.05, 0) is 22.8 Å². The van der Waals surface area contributed by atoms with E-state index in [0.717, 1.165) is 21.3 Å². The van der Waals surface area contributed by atoms with E-state index in [1.54, 1.807) is 13.0 Å². The quantitative estimate of drug-likeness (QED) is 0.480. The molecular weight excluding hydrogens is 379 g/mol. The van der Waals surface area contributed by atoms with Gasteiger partial charge in [-0.25, -0.2) is 4.79 Å². The van der Waals surface area contributed by atoms with Crippen molar-refractivity contribution in [1.29, 1.82) is 0 Å². The molecule has 0 aromatic heterocycles. The Kier molecular flexibility index (Phi) is 5.55. The van der Waals surface area contributed by atoms with Crippen LogP contribution in [0, 0.1) is 0 Å². The van der Waals surface area contributed by atoms with Crippen LogP contribution in [0.25, 0.3) is 0 Å². The number of hydrogen-bond acceptors (Lipinski definition) is 3. The molecule has 0 fully saturated rings. The molecule has 1 heterocycles. The standard InChI is InChI=1S/C24H21N2O2P/c1-2-28-24(27)22-18-23(26-25-22)29(19-12-6-3-7-13-19,20-14-8-4-9-15-20)21-16-10-5-11-17-21/h3-18H,2H2,1H3. The number of nitrogens with zero attached hydrogens (tertiary/aromatic N) is 2. The lowest BCUT2D eigenvalue weighted by Crippen LogP contribution is -2.29. The van der Waals surface area contributed by atoms with E-state index in [1.165, 1.54) is 0 Å². The second-order valence-corrected chi connectivity index (χ2v) is 9.83. The van der Waals surface area contributed by atoms with Crippen molar-refractivity contribution in [1.82, 2.24) is 0 Å². The van der Waals surface area contributed by atoms with Crippen molar-refractivity contribution in [2.24, 2.45) is 10.2 Å². The number of benzene rings is 3. The molecule has 1 aliphatic rings. The second kappa shape index (κ2) is 8.42. The van der Waals surface area contributed by atoms with Crippen molar-refractivity contribution in [2.75, 3.05) is 6.61 Å². The Morgan fingerprint density at radius 3 is 1.62 bits per heavy atom. The predicted octanol–water partition coefficient (Wildman–Crippen LogP) is 4.02. The van der Waals surface area contributed by atoms with Crippen molar-refractivity contribution in [3.8, 4) is 0 Å². The van der Waals surface area contributed by atoms with Crippen LogP contribution in [0.4, 0.5) is 0 Å². The first kappa shape index (κ1) is 19.1. The van der Waals surface area contributed by atoms with Crippen LogP contribution < -0.4 is 15.9 Å². The Morgan fingerprint density at radius 2 is 1.21 bits per heavy atom. The Morgan fingerprint density at radius 1 is 0.759 bits per heavy atom. The molecule has 1 aliphatic heterocycles. The third kappa shape index (κ3) is 3.48. The lowest BCUT2D eigenvalue weighted by molar-refractivity contribution is -0.138. The molecule has 0 amide bonds. The molecule has 0 atom stereocenters. The summed E-state index contributed by atoms with van der Waals surface area (Å²) in [5.41, 5.74) is 1.04. The molecule has 0 spiro atoms. The molecule has 4 rings (SSSR count). The van der Waals surface area contributed by atoms with Crippen LogP contribution in [0.2, 0.25) is 0 Å². The highest BCUT2D eigenvalue weighted by molar-refractivity contribution is 7.95. The van der Waals surface area contributed by atoms with Crippen molar-refractivity contribution >= 4 is 34.2 Å². The molecule has 0 saturated heterocycles. The SMILES string of the molecule is CCOC(=O)C1=CC(=P(c2ccccc2)(c2ccccc2)c2ccccc2)N=N1. The van der Waals surface area contributed by atoms with Crippen LogP contribution in [0.3, 0.4) is 0 Å². The Hall–Kier alpha value is -3.23. The summed E-state index contributed by atoms with van der Waals surface area (Å²) in [6, 6.07) is 31.1. The highest BCUT2D eigenvalue weighted by Crippen LogP contribution is 2.47. The molecule has 144 valence electrons. The highest BCUT2D eigenvalue weighted by Gasteiger charge is 2.32. The monoisotopic (exact) mass is 400 g/mol. The van der Waals surface area contributed by atoms with Gasteiger partial charge in [-0.1, -0.05) is 91.0 Å². The lowest BCUT2D eigenvalue weighted by atomic mass is 10.4. The zero-order chi connectivity index (χ0) is 20.1. The first-order valence-electron chi connectivity index (χ1n) is 9.51. The number of carbonyl (C=O) groups excluding carboxylic acids is 1. The van der Waals surface area contributed by atoms with Gasteiger partial charge >= 0.3 is 5.97 Å². The lowest BCUT2D eigenvalue weighted by Gasteiger charge is -2.29. The summed E-state index contributed by atoms with van der Waals surface area (Å²) < 4.78 is 5.14. The van der Waals surface area contributed by atoms with E-state index in [4.69, 9.17) is 4.74 Å². The molecule has 0 aliphatic carbocycles. The molecule has 0 N–H and O–H groups in total. The first-order chi connectivity index (χ1) is 14.3. The third-order valence-electron chi connectivity index (χ3n) is 4.78. The van der Waals surface area contributed by atoms with E-state index in [2.05, 4.69) is 46.6 Å². The van der Waals surface area contributed by atoms with E-state index in [-0.39, 0.29) is 5.70 Å². The van der Waals surface area contributed by atoms with Gasteiger partial charge in [-0.2, -0.15) is 0 Å². The highest BCUT2D eigenvalue weighted by atomic mass is 31.2. The fraction of sp³-hybridized carbons (Fsp3) is 0.0833. The smallest absolute Gasteiger partial charge is 0.358 e. The maximum atomic E-state index is 12.3. The minimum Gasteiger partial charge on any atom is -0.461 e. The van der Waals surface area contributed by atoms with Gasteiger partial charge in [-0.3, -0.25) is 0 Å². The molecule has 3 aromatic rings. The summed E-state index contributed by atoms with van der Waals surface area (Å²) in [5, 5.41) is 12.2. The van der Waals surface area contributed by atoms with Crippen molar-refractivity contribution in [2.45, 2.75) is 6.92 Å². The average Bonchev–Trinajstić information content (AvgIpc) is 3.27. The largest absolute Gasteiger partial charge is 0.461 e. The van der Waals surface area contributed by atoms with Crippen LogP contribution in [-0.4, -0.2) is 18.0 Å². The number of ether oxygens (including phenoxy) is 1. The van der Waals surface area contributed by atoms with E-state index in [9.17, 15) is 4.79 Å². The molecule has 0 radical (unpaired) electrons. The Bertz CT molecular complexity index is 1020. The molecule has 0 bridgehead atoms. The molecule has 0 saturated carbocycles. The van der Waals surface area contributed by atoms with Crippen LogP contribution in [0.5, 0.6) is 0 Å². The fourth-order valence-electron chi connectivity index (χ4n) is 3.55. The van der Waals surface area contributed by atoms with Crippen LogP contribution >= 0.6 is 6.89 Å². The third-order valence-corrected chi connectivity index (χ3v) is 8.91. The maximum Gasteiger partial charge on any atom is 0.358 e. The predicted molar refractivity (Wildman–Crippen MR) is 120 cm³/mol. The summed E-state index contributed by atoms with van der Waals surface area (Å²) >= 11 is 0. The van der Waals surface area contributed by atoms with Gasteiger partial charge in [0.2, 0.25) is 0 Å². The summed E-state index contributed by atoms with van der Waals surface area (Å²) in [4.78, 5) is 12.3. The van der Waals surface area contributed by atoms with Crippen molar-refractivity contribution < 1.29 is 9.53 Å². The average molecular weight is 400 g/mol. The van der Waals surface area contributed by atoms with Gasteiger partial charge in [0.25, 0.3) is 0 Å². The van der Waals surface area contributed by atoms with Gasteiger partial charge in [0.1, 0.15) is 0 Å². The zero-order valence-electron chi connectivity index (χ0n) is 16.1. The summed E-state index contributed by atoms with van der Waals surface area (Å²) in [7, 11) is 0. The first-order valence-corrected chi connectivity index (χ1v) is 11.3. The number of esters is 1. The van der Waals surface area contributed by atoms with Gasteiger partial charge < -0.3 is 4.74 Å². The minimum absolute atomic E-state index is 0.244. The summed E-state index contributed by atoms with van der Waals surface area (Å²) in [6.45, 7) is -0.240. The van der Waals surface area contributed by atoms with Crippen LogP contribution in [0.15, 0.2) is 113 Å². The van der Waals surface area contributed by atoms with Gasteiger partial charge in [0.05, 0.1) is 12.0 Å². The van der Waals surface area contributed by atoms with Crippen LogP contribution in [-0.2, 0) is 9.53 Å². The Balaban J connectivity index is 2.11. The number of carbonyl (C=O) groups is 1. The second-order valence-electron chi connectivity index (χ2n) is 6.49. The van der Waals surface area contributed by atoms with Gasteiger partial charge in [-0.15, -0.1) is 10.2 Å². The Labute approximate surface area is 170 Å². The number of rotatable bonds is 5. The van der Waals surface area contributed by atoms with E-state index < -0.39 is 12.9 Å². The van der Waals surface area contributed by atoms with Gasteiger partial charge in [0.15, 0.2) is 5.70 Å². The minimum atomic E-state index is -2.32. The molecule has 29 heavy (non-hydrogen) atoms. The van der Waals surface area contributed by atoms with Crippen molar-refractivity contribution in [3.05, 3.63) is 103 Å². The maximum absolute atomic E-state index is 12.3. The molecule has 3 aromatic carbocycles. The van der Waals surface area contributed by atoms with Crippen LogP contribution in [0.1, 0.15) is 6.92 Å². The fourth-order valence-corrected chi connectivity index (χ4v) is 7.59. The molecule has 4 nitrogen and oxygen atoms in total. The summed E-state index contributed by atoms with van der Waals surface area (Å²) in [6.07, 6.45) is 1.79. The number of azo groups is 1. The normalized spacial score (nSPS) is 13.3. The van der Waals surface area contributed by atoms with E-state index >= 15 is 0 Å². The molecular formula is C24H21N2O2P. The molecule has 5 heteroatoms. The van der Waals surface area contributed by atoms with E-state index in [1.807, 2.05) is 54.6 Å². The zero-order valence-corrected chi connectivity index (χ0v) is 17.0. The van der Waals surface area contributed by atoms with E-state index in [0.29, 0.717) is 6.61 Å². The van der Waals surface area contributed by atoms with Gasteiger partial charge in [0, 0.05) is 13.0 Å². The number of hydrogen-bond donors (Lipinski definition) is 0. The van der Waals surface area contributed by atoms with Crippen molar-refractivity contribution in [3.63, 3.8) is 0 Å². The summed E-state index contributed by atoms with van der Waals surface area (Å²) in [5.74, 6) is -0.446. The topological polar surface area (TPSA) is 51.0 Å². The molecule has 0 unspecified atom stereocenters.